The van der Waals surface area contributed by atoms with Crippen LogP contribution in [-0.2, 0) is 0 Å². The van der Waals surface area contributed by atoms with Crippen molar-refractivity contribution < 1.29 is 5.21 Å². The molecular weight excluding hydrogens is 250 g/mol. The van der Waals surface area contributed by atoms with Gasteiger partial charge in [-0.3, -0.25) is 0 Å². The second-order valence-corrected chi connectivity index (χ2v) is 4.81. The molecule has 1 atom stereocenters. The number of amidine groups is 1. The zero-order valence-electron chi connectivity index (χ0n) is 11.0. The van der Waals surface area contributed by atoms with Gasteiger partial charge in [-0.1, -0.05) is 30.1 Å². The van der Waals surface area contributed by atoms with E-state index in [9.17, 15) is 0 Å². The Bertz CT molecular complexity index is 434. The molecule has 0 aliphatic rings. The van der Waals surface area contributed by atoms with Crippen molar-refractivity contribution in [2.75, 3.05) is 11.9 Å². The number of halogens is 1. The lowest BCUT2D eigenvalue weighted by Crippen LogP contribution is -2.28. The quantitative estimate of drug-likeness (QED) is 0.374. The third kappa shape index (κ3) is 3.29. The predicted octanol–water partition coefficient (Wildman–Crippen LogP) is 3.06. The molecule has 100 valence electrons. The minimum atomic E-state index is 0.0627. The number of oxime groups is 1. The van der Waals surface area contributed by atoms with Gasteiger partial charge >= 0.3 is 0 Å². The first-order chi connectivity index (χ1) is 8.51. The van der Waals surface area contributed by atoms with E-state index < -0.39 is 0 Å². The number of hydrogen-bond acceptors (Lipinski definition) is 3. The first kappa shape index (κ1) is 14.6. The molecule has 0 radical (unpaired) electrons. The number of benzene rings is 1. The fraction of sp³-hybridized carbons (Fsp3) is 0.462. The van der Waals surface area contributed by atoms with Crippen LogP contribution < -0.4 is 10.6 Å². The van der Waals surface area contributed by atoms with Crippen molar-refractivity contribution in [1.82, 2.24) is 0 Å². The highest BCUT2D eigenvalue weighted by Gasteiger charge is 2.13. The standard InChI is InChI=1S/C13H20ClN3O/c1-4-5-9(2)17(3)12-7-6-10(8-11(12)14)13(15)16-18/h6-9,18H,4-5H2,1-3H3,(H2,15,16). The van der Waals surface area contributed by atoms with Crippen LogP contribution in [-0.4, -0.2) is 24.1 Å². The molecule has 1 rings (SSSR count). The minimum Gasteiger partial charge on any atom is -0.409 e. The maximum Gasteiger partial charge on any atom is 0.170 e. The summed E-state index contributed by atoms with van der Waals surface area (Å²) >= 11 is 6.24. The molecule has 5 heteroatoms. The van der Waals surface area contributed by atoms with Crippen LogP contribution in [0.5, 0.6) is 0 Å². The lowest BCUT2D eigenvalue weighted by molar-refractivity contribution is 0.318. The molecule has 18 heavy (non-hydrogen) atoms. The Morgan fingerprint density at radius 3 is 2.72 bits per heavy atom. The van der Waals surface area contributed by atoms with Gasteiger partial charge in [-0.15, -0.1) is 0 Å². The van der Waals surface area contributed by atoms with Gasteiger partial charge in [0.1, 0.15) is 0 Å². The molecule has 0 heterocycles. The van der Waals surface area contributed by atoms with Crippen molar-refractivity contribution in [3.05, 3.63) is 28.8 Å². The van der Waals surface area contributed by atoms with Crippen LogP contribution in [0.3, 0.4) is 0 Å². The number of hydrogen-bond donors (Lipinski definition) is 2. The van der Waals surface area contributed by atoms with Crippen LogP contribution in [0.4, 0.5) is 5.69 Å². The topological polar surface area (TPSA) is 61.8 Å². The summed E-state index contributed by atoms with van der Waals surface area (Å²) in [5.41, 5.74) is 7.09. The molecule has 0 saturated heterocycles. The smallest absolute Gasteiger partial charge is 0.170 e. The monoisotopic (exact) mass is 269 g/mol. The highest BCUT2D eigenvalue weighted by Crippen LogP contribution is 2.28. The van der Waals surface area contributed by atoms with Crippen LogP contribution in [0.2, 0.25) is 5.02 Å². The van der Waals surface area contributed by atoms with Crippen LogP contribution in [0.1, 0.15) is 32.3 Å². The van der Waals surface area contributed by atoms with E-state index in [0.717, 1.165) is 18.5 Å². The molecule has 0 aliphatic heterocycles. The van der Waals surface area contributed by atoms with Gasteiger partial charge in [0.05, 0.1) is 10.7 Å². The van der Waals surface area contributed by atoms with Crippen LogP contribution >= 0.6 is 11.6 Å². The van der Waals surface area contributed by atoms with Gasteiger partial charge in [0, 0.05) is 18.7 Å². The van der Waals surface area contributed by atoms with Gasteiger partial charge in [0.25, 0.3) is 0 Å². The van der Waals surface area contributed by atoms with Gasteiger partial charge in [-0.05, 0) is 31.5 Å². The SMILES string of the molecule is CCCC(C)N(C)c1ccc(/C(N)=N/O)cc1Cl. The molecule has 1 aromatic rings. The molecular formula is C13H20ClN3O. The second kappa shape index (κ2) is 6.50. The van der Waals surface area contributed by atoms with E-state index in [1.165, 1.54) is 0 Å². The summed E-state index contributed by atoms with van der Waals surface area (Å²) in [5, 5.41) is 12.2. The molecule has 0 aliphatic carbocycles. The molecule has 1 aromatic carbocycles. The average molecular weight is 270 g/mol. The molecule has 0 saturated carbocycles. The summed E-state index contributed by atoms with van der Waals surface area (Å²) in [6.07, 6.45) is 2.24. The summed E-state index contributed by atoms with van der Waals surface area (Å²) in [7, 11) is 2.02. The van der Waals surface area contributed by atoms with E-state index in [1.807, 2.05) is 13.1 Å². The molecule has 1 unspecified atom stereocenters. The first-order valence-electron chi connectivity index (χ1n) is 6.01. The lowest BCUT2D eigenvalue weighted by Gasteiger charge is -2.27. The second-order valence-electron chi connectivity index (χ2n) is 4.40. The van der Waals surface area contributed by atoms with E-state index in [4.69, 9.17) is 22.5 Å². The maximum atomic E-state index is 8.63. The number of anilines is 1. The molecule has 0 amide bonds. The van der Waals surface area contributed by atoms with E-state index in [0.29, 0.717) is 16.6 Å². The van der Waals surface area contributed by atoms with Crippen molar-refractivity contribution in [3.63, 3.8) is 0 Å². The third-order valence-electron chi connectivity index (χ3n) is 3.10. The largest absolute Gasteiger partial charge is 0.409 e. The molecule has 0 aromatic heterocycles. The number of nitrogens with two attached hydrogens (primary N) is 1. The Morgan fingerprint density at radius 2 is 2.22 bits per heavy atom. The van der Waals surface area contributed by atoms with Gasteiger partial charge in [0.2, 0.25) is 0 Å². The van der Waals surface area contributed by atoms with Crippen molar-refractivity contribution in [1.29, 1.82) is 0 Å². The highest BCUT2D eigenvalue weighted by atomic mass is 35.5. The van der Waals surface area contributed by atoms with Gasteiger partial charge < -0.3 is 15.8 Å². The van der Waals surface area contributed by atoms with Crippen molar-refractivity contribution in [2.24, 2.45) is 10.9 Å². The fourth-order valence-electron chi connectivity index (χ4n) is 1.86. The number of nitrogens with zero attached hydrogens (tertiary/aromatic N) is 2. The maximum absolute atomic E-state index is 8.63. The zero-order valence-corrected chi connectivity index (χ0v) is 11.8. The van der Waals surface area contributed by atoms with Crippen molar-refractivity contribution >= 4 is 23.1 Å². The van der Waals surface area contributed by atoms with E-state index in [-0.39, 0.29) is 5.84 Å². The first-order valence-corrected chi connectivity index (χ1v) is 6.39. The molecule has 0 spiro atoms. The fourth-order valence-corrected chi connectivity index (χ4v) is 2.17. The normalized spacial score (nSPS) is 13.4. The van der Waals surface area contributed by atoms with E-state index in [1.54, 1.807) is 12.1 Å². The molecule has 0 fully saturated rings. The minimum absolute atomic E-state index is 0.0627. The highest BCUT2D eigenvalue weighted by molar-refractivity contribution is 6.33. The Balaban J connectivity index is 2.98. The van der Waals surface area contributed by atoms with Crippen molar-refractivity contribution in [3.8, 4) is 0 Å². The van der Waals surface area contributed by atoms with Crippen LogP contribution in [0.15, 0.2) is 23.4 Å². The number of rotatable bonds is 5. The third-order valence-corrected chi connectivity index (χ3v) is 3.40. The Hall–Kier alpha value is -1.42. The van der Waals surface area contributed by atoms with Gasteiger partial charge in [-0.25, -0.2) is 0 Å². The van der Waals surface area contributed by atoms with Crippen LogP contribution in [0.25, 0.3) is 0 Å². The van der Waals surface area contributed by atoms with Gasteiger partial charge in [0.15, 0.2) is 5.84 Å². The van der Waals surface area contributed by atoms with E-state index >= 15 is 0 Å². The summed E-state index contributed by atoms with van der Waals surface area (Å²) in [4.78, 5) is 2.14. The van der Waals surface area contributed by atoms with Crippen molar-refractivity contribution in [2.45, 2.75) is 32.7 Å². The Morgan fingerprint density at radius 1 is 1.56 bits per heavy atom. The molecule has 3 N–H and O–H groups in total. The molecule has 0 bridgehead atoms. The Labute approximate surface area is 113 Å². The molecule has 4 nitrogen and oxygen atoms in total. The van der Waals surface area contributed by atoms with E-state index in [2.05, 4.69) is 23.9 Å². The van der Waals surface area contributed by atoms with Gasteiger partial charge in [-0.2, -0.15) is 0 Å². The van der Waals surface area contributed by atoms with Crippen LogP contribution in [0, 0.1) is 0 Å². The Kier molecular flexibility index (Phi) is 5.28. The summed E-state index contributed by atoms with van der Waals surface area (Å²) in [6.45, 7) is 4.32. The summed E-state index contributed by atoms with van der Waals surface area (Å²) in [6, 6.07) is 5.82. The summed E-state index contributed by atoms with van der Waals surface area (Å²) < 4.78 is 0. The predicted molar refractivity (Wildman–Crippen MR) is 76.7 cm³/mol. The zero-order chi connectivity index (χ0) is 13.7. The summed E-state index contributed by atoms with van der Waals surface area (Å²) in [5.74, 6) is 0.0627. The lowest BCUT2D eigenvalue weighted by atomic mass is 10.1. The average Bonchev–Trinajstić information content (AvgIpc) is 2.37.